The fraction of sp³-hybridized carbons (Fsp3) is 0.435. The molecule has 1 aliphatic rings. The molecule has 1 atom stereocenters. The molecule has 1 N–H and O–H groups in total. The maximum atomic E-state index is 11.9. The van der Waals surface area contributed by atoms with Gasteiger partial charge in [0.05, 0.1) is 12.7 Å². The number of ether oxygens (including phenoxy) is 2. The topological polar surface area (TPSA) is 50.8 Å². The average molecular weight is 383 g/mol. The summed E-state index contributed by atoms with van der Waals surface area (Å²) in [4.78, 5) is 14.3. The molecule has 1 unspecified atom stereocenters. The summed E-state index contributed by atoms with van der Waals surface area (Å²) in [6.45, 7) is 6.47. The van der Waals surface area contributed by atoms with Gasteiger partial charge in [-0.15, -0.1) is 0 Å². The predicted molar refractivity (Wildman–Crippen MR) is 110 cm³/mol. The van der Waals surface area contributed by atoms with Crippen LogP contribution >= 0.6 is 0 Å². The molecule has 1 fully saturated rings. The van der Waals surface area contributed by atoms with Crippen molar-refractivity contribution in [1.82, 2.24) is 10.2 Å². The number of morpholine rings is 1. The van der Waals surface area contributed by atoms with Crippen molar-refractivity contribution in [2.45, 2.75) is 25.9 Å². The van der Waals surface area contributed by atoms with Crippen LogP contribution in [0.25, 0.3) is 0 Å². The van der Waals surface area contributed by atoms with Crippen molar-refractivity contribution in [3.05, 3.63) is 65.7 Å². The molecule has 1 amide bonds. The van der Waals surface area contributed by atoms with Gasteiger partial charge < -0.3 is 14.8 Å². The maximum absolute atomic E-state index is 11.9. The van der Waals surface area contributed by atoms with Gasteiger partial charge in [0, 0.05) is 19.6 Å². The number of hydrogen-bond acceptors (Lipinski definition) is 4. The Morgan fingerprint density at radius 1 is 1.14 bits per heavy atom. The summed E-state index contributed by atoms with van der Waals surface area (Å²) < 4.78 is 11.4. The number of nitrogens with one attached hydrogen (secondary N) is 1. The van der Waals surface area contributed by atoms with Gasteiger partial charge in [0.2, 0.25) is 0 Å². The van der Waals surface area contributed by atoms with Crippen LogP contribution in [0.1, 0.15) is 30.1 Å². The number of benzene rings is 2. The van der Waals surface area contributed by atoms with Gasteiger partial charge in [-0.25, -0.2) is 0 Å². The molecule has 5 nitrogen and oxygen atoms in total. The van der Waals surface area contributed by atoms with E-state index >= 15 is 0 Å². The molecule has 0 bridgehead atoms. The number of nitrogens with zero attached hydrogens (tertiary/aromatic N) is 1. The zero-order chi connectivity index (χ0) is 19.6. The van der Waals surface area contributed by atoms with Crippen LogP contribution in [-0.4, -0.2) is 50.2 Å². The van der Waals surface area contributed by atoms with Crippen molar-refractivity contribution in [3.63, 3.8) is 0 Å². The molecule has 0 radical (unpaired) electrons. The third-order valence-corrected chi connectivity index (χ3v) is 4.94. The van der Waals surface area contributed by atoms with E-state index in [9.17, 15) is 4.79 Å². The van der Waals surface area contributed by atoms with Crippen LogP contribution in [0.5, 0.6) is 5.75 Å². The van der Waals surface area contributed by atoms with Gasteiger partial charge in [0.1, 0.15) is 5.75 Å². The second-order valence-electron chi connectivity index (χ2n) is 7.23. The van der Waals surface area contributed by atoms with Crippen LogP contribution in [0.15, 0.2) is 54.6 Å². The minimum Gasteiger partial charge on any atom is -0.484 e. The van der Waals surface area contributed by atoms with E-state index in [4.69, 9.17) is 9.47 Å². The number of aryl methyl sites for hydroxylation is 1. The first-order valence-corrected chi connectivity index (χ1v) is 10.1. The highest BCUT2D eigenvalue weighted by molar-refractivity contribution is 5.77. The van der Waals surface area contributed by atoms with E-state index in [2.05, 4.69) is 34.5 Å². The molecule has 0 aliphatic carbocycles. The third kappa shape index (κ3) is 6.66. The Kier molecular flexibility index (Phi) is 7.88. The van der Waals surface area contributed by atoms with Crippen molar-refractivity contribution in [2.75, 3.05) is 39.4 Å². The summed E-state index contributed by atoms with van der Waals surface area (Å²) in [5, 5.41) is 2.93. The molecule has 0 saturated carbocycles. The van der Waals surface area contributed by atoms with E-state index in [1.54, 1.807) is 0 Å². The summed E-state index contributed by atoms with van der Waals surface area (Å²) in [6, 6.07) is 18.1. The van der Waals surface area contributed by atoms with Gasteiger partial charge in [-0.1, -0.05) is 48.0 Å². The molecule has 1 heterocycles. The fourth-order valence-corrected chi connectivity index (χ4v) is 3.30. The van der Waals surface area contributed by atoms with Crippen molar-refractivity contribution >= 4 is 5.91 Å². The van der Waals surface area contributed by atoms with Gasteiger partial charge in [0.15, 0.2) is 6.61 Å². The van der Waals surface area contributed by atoms with E-state index in [0.29, 0.717) is 6.54 Å². The van der Waals surface area contributed by atoms with Crippen LogP contribution in [0.4, 0.5) is 0 Å². The summed E-state index contributed by atoms with van der Waals surface area (Å²) in [7, 11) is 0. The van der Waals surface area contributed by atoms with E-state index < -0.39 is 0 Å². The van der Waals surface area contributed by atoms with E-state index in [1.165, 1.54) is 11.1 Å². The Morgan fingerprint density at radius 3 is 2.71 bits per heavy atom. The van der Waals surface area contributed by atoms with Crippen molar-refractivity contribution in [1.29, 1.82) is 0 Å². The zero-order valence-electron chi connectivity index (χ0n) is 16.6. The summed E-state index contributed by atoms with van der Waals surface area (Å²) in [5.41, 5.74) is 2.42. The third-order valence-electron chi connectivity index (χ3n) is 4.94. The van der Waals surface area contributed by atoms with Crippen LogP contribution in [-0.2, 0) is 9.53 Å². The lowest BCUT2D eigenvalue weighted by molar-refractivity contribution is -0.123. The van der Waals surface area contributed by atoms with E-state index in [-0.39, 0.29) is 18.6 Å². The second-order valence-corrected chi connectivity index (χ2v) is 7.23. The molecule has 0 aromatic heterocycles. The largest absolute Gasteiger partial charge is 0.484 e. The SMILES string of the molecule is Cc1ccc(OCC(=O)NCCCCN2CCOC(c3ccccc3)C2)cc1. The number of amides is 1. The highest BCUT2D eigenvalue weighted by Crippen LogP contribution is 2.22. The van der Waals surface area contributed by atoms with Gasteiger partial charge >= 0.3 is 0 Å². The summed E-state index contributed by atoms with van der Waals surface area (Å²) >= 11 is 0. The average Bonchev–Trinajstić information content (AvgIpc) is 2.74. The van der Waals surface area contributed by atoms with Crippen LogP contribution in [0.3, 0.4) is 0 Å². The van der Waals surface area contributed by atoms with Crippen LogP contribution in [0, 0.1) is 6.92 Å². The molecule has 5 heteroatoms. The number of carbonyl (C=O) groups excluding carboxylic acids is 1. The smallest absolute Gasteiger partial charge is 0.257 e. The van der Waals surface area contributed by atoms with E-state index in [0.717, 1.165) is 44.8 Å². The van der Waals surface area contributed by atoms with Gasteiger partial charge in [0.25, 0.3) is 5.91 Å². The molecule has 150 valence electrons. The highest BCUT2D eigenvalue weighted by Gasteiger charge is 2.21. The Labute approximate surface area is 167 Å². The van der Waals surface area contributed by atoms with Gasteiger partial charge in [-0.3, -0.25) is 9.69 Å². The molecule has 1 saturated heterocycles. The minimum atomic E-state index is -0.0731. The second kappa shape index (κ2) is 10.8. The number of hydrogen-bond donors (Lipinski definition) is 1. The highest BCUT2D eigenvalue weighted by atomic mass is 16.5. The first kappa shape index (κ1) is 20.4. The molecule has 2 aromatic rings. The van der Waals surface area contributed by atoms with Crippen LogP contribution < -0.4 is 10.1 Å². The predicted octanol–water partition coefficient (Wildman–Crippen LogP) is 3.34. The molecular formula is C23H30N2O3. The van der Waals surface area contributed by atoms with Crippen LogP contribution in [0.2, 0.25) is 0 Å². The molecule has 28 heavy (non-hydrogen) atoms. The fourth-order valence-electron chi connectivity index (χ4n) is 3.30. The number of rotatable bonds is 9. The van der Waals surface area contributed by atoms with Gasteiger partial charge in [-0.05, 0) is 44.0 Å². The quantitative estimate of drug-likeness (QED) is 0.676. The monoisotopic (exact) mass is 382 g/mol. The molecule has 1 aliphatic heterocycles. The molecule has 2 aromatic carbocycles. The normalized spacial score (nSPS) is 17.2. The van der Waals surface area contributed by atoms with Crippen molar-refractivity contribution < 1.29 is 14.3 Å². The zero-order valence-corrected chi connectivity index (χ0v) is 16.6. The minimum absolute atomic E-state index is 0.0608. The van der Waals surface area contributed by atoms with Gasteiger partial charge in [-0.2, -0.15) is 0 Å². The summed E-state index contributed by atoms with van der Waals surface area (Å²) in [6.07, 6.45) is 2.18. The lowest BCUT2D eigenvalue weighted by atomic mass is 10.1. The van der Waals surface area contributed by atoms with Crippen molar-refractivity contribution in [3.8, 4) is 5.75 Å². The Morgan fingerprint density at radius 2 is 1.93 bits per heavy atom. The molecule has 3 rings (SSSR count). The lowest BCUT2D eigenvalue weighted by Gasteiger charge is -2.33. The van der Waals surface area contributed by atoms with Crippen molar-refractivity contribution in [2.24, 2.45) is 0 Å². The number of carbonyl (C=O) groups is 1. The molecular weight excluding hydrogens is 352 g/mol. The Balaban J connectivity index is 1.27. The summed E-state index contributed by atoms with van der Waals surface area (Å²) in [5.74, 6) is 0.650. The number of unbranched alkanes of at least 4 members (excludes halogenated alkanes) is 1. The standard InChI is InChI=1S/C23H30N2O3/c1-19-9-11-21(12-10-19)28-18-23(26)24-13-5-6-14-25-15-16-27-22(17-25)20-7-3-2-4-8-20/h2-4,7-12,22H,5-6,13-18H2,1H3,(H,24,26). The van der Waals surface area contributed by atoms with E-state index in [1.807, 2.05) is 37.3 Å². The molecule has 0 spiro atoms. The maximum Gasteiger partial charge on any atom is 0.257 e. The lowest BCUT2D eigenvalue weighted by Crippen LogP contribution is -2.39. The first-order valence-electron chi connectivity index (χ1n) is 10.1. The Bertz CT molecular complexity index is 718. The Hall–Kier alpha value is -2.37. The first-order chi connectivity index (χ1) is 13.7.